The normalized spacial score (nSPS) is 13.7. The maximum Gasteiger partial charge on any atom is 0.259 e. The first-order valence-electron chi connectivity index (χ1n) is 11.2. The molecule has 6 nitrogen and oxygen atoms in total. The Bertz CT molecular complexity index is 851. The lowest BCUT2D eigenvalue weighted by Gasteiger charge is -2.16. The van der Waals surface area contributed by atoms with E-state index in [1.807, 2.05) is 24.3 Å². The number of nitrogens with one attached hydrogen (secondary N) is 2. The van der Waals surface area contributed by atoms with Gasteiger partial charge in [-0.15, -0.1) is 0 Å². The maximum atomic E-state index is 12.8. The lowest BCUT2D eigenvalue weighted by atomic mass is 10.1. The summed E-state index contributed by atoms with van der Waals surface area (Å²) in [5.74, 6) is 0.590. The Kier molecular flexibility index (Phi) is 9.24. The van der Waals surface area contributed by atoms with Crippen molar-refractivity contribution in [2.45, 2.75) is 45.4 Å². The molecule has 0 aliphatic carbocycles. The molecule has 31 heavy (non-hydrogen) atoms. The van der Waals surface area contributed by atoms with Gasteiger partial charge in [-0.3, -0.25) is 15.1 Å². The van der Waals surface area contributed by atoms with E-state index in [0.717, 1.165) is 56.2 Å². The number of nitrogens with zero attached hydrogens (tertiary/aromatic N) is 2. The molecule has 1 saturated heterocycles. The van der Waals surface area contributed by atoms with Crippen LogP contribution in [-0.2, 0) is 6.42 Å². The van der Waals surface area contributed by atoms with Gasteiger partial charge in [0.25, 0.3) is 5.91 Å². The van der Waals surface area contributed by atoms with Crippen LogP contribution >= 0.6 is 12.2 Å². The monoisotopic (exact) mass is 440 g/mol. The Morgan fingerprint density at radius 2 is 1.94 bits per heavy atom. The fourth-order valence-electron chi connectivity index (χ4n) is 3.62. The molecule has 0 spiro atoms. The lowest BCUT2D eigenvalue weighted by Crippen LogP contribution is -2.35. The van der Waals surface area contributed by atoms with Crippen molar-refractivity contribution >= 4 is 28.9 Å². The number of aromatic nitrogens is 1. The van der Waals surface area contributed by atoms with Crippen molar-refractivity contribution in [1.82, 2.24) is 15.2 Å². The molecule has 1 amide bonds. The van der Waals surface area contributed by atoms with E-state index >= 15 is 0 Å². The molecule has 2 N–H and O–H groups in total. The summed E-state index contributed by atoms with van der Waals surface area (Å²) >= 11 is 5.34. The number of hydrogen-bond donors (Lipinski definition) is 2. The lowest BCUT2D eigenvalue weighted by molar-refractivity contribution is 0.0976. The average molecular weight is 441 g/mol. The minimum absolute atomic E-state index is 0.238. The minimum atomic E-state index is -0.238. The molecule has 0 bridgehead atoms. The van der Waals surface area contributed by atoms with Crippen molar-refractivity contribution in [2.75, 3.05) is 31.6 Å². The third kappa shape index (κ3) is 7.60. The molecule has 0 atom stereocenters. The first-order chi connectivity index (χ1) is 15.2. The fraction of sp³-hybridized carbons (Fsp3) is 0.458. The molecule has 2 aromatic rings. The highest BCUT2D eigenvalue weighted by Gasteiger charge is 2.16. The number of unbranched alkanes of at least 4 members (excludes halogenated alkanes) is 2. The number of carbonyl (C=O) groups is 1. The van der Waals surface area contributed by atoms with Crippen LogP contribution in [0.25, 0.3) is 0 Å². The average Bonchev–Trinajstić information content (AvgIpc) is 3.30. The number of benzene rings is 1. The Morgan fingerprint density at radius 1 is 1.16 bits per heavy atom. The van der Waals surface area contributed by atoms with Crippen LogP contribution in [0.3, 0.4) is 0 Å². The Hall–Kier alpha value is -2.51. The van der Waals surface area contributed by atoms with Gasteiger partial charge in [0.05, 0.1) is 17.9 Å². The van der Waals surface area contributed by atoms with E-state index in [9.17, 15) is 4.79 Å². The van der Waals surface area contributed by atoms with E-state index in [2.05, 4.69) is 27.4 Å². The Balaban J connectivity index is 1.49. The molecule has 2 heterocycles. The van der Waals surface area contributed by atoms with E-state index in [-0.39, 0.29) is 11.0 Å². The first-order valence-corrected chi connectivity index (χ1v) is 11.6. The zero-order chi connectivity index (χ0) is 21.9. The Morgan fingerprint density at radius 3 is 2.68 bits per heavy atom. The van der Waals surface area contributed by atoms with Crippen LogP contribution in [-0.4, -0.2) is 47.1 Å². The molecule has 0 saturated carbocycles. The van der Waals surface area contributed by atoms with Gasteiger partial charge in [-0.1, -0.05) is 19.8 Å². The van der Waals surface area contributed by atoms with E-state index in [0.29, 0.717) is 5.56 Å². The van der Waals surface area contributed by atoms with Crippen LogP contribution in [0.5, 0.6) is 5.75 Å². The van der Waals surface area contributed by atoms with Crippen LogP contribution in [0.2, 0.25) is 0 Å². The number of rotatable bonds is 10. The number of ether oxygens (including phenoxy) is 1. The highest BCUT2D eigenvalue weighted by molar-refractivity contribution is 7.80. The second-order valence-corrected chi connectivity index (χ2v) is 8.19. The van der Waals surface area contributed by atoms with Gasteiger partial charge >= 0.3 is 0 Å². The highest BCUT2D eigenvalue weighted by Crippen LogP contribution is 2.16. The van der Waals surface area contributed by atoms with Gasteiger partial charge in [0.2, 0.25) is 0 Å². The number of anilines is 1. The first kappa shape index (κ1) is 23.2. The molecule has 0 unspecified atom stereocenters. The second kappa shape index (κ2) is 12.4. The van der Waals surface area contributed by atoms with Crippen molar-refractivity contribution in [3.8, 4) is 5.75 Å². The van der Waals surface area contributed by atoms with Gasteiger partial charge < -0.3 is 15.0 Å². The van der Waals surface area contributed by atoms with Gasteiger partial charge in [0, 0.05) is 24.8 Å². The number of likely N-dealkylation sites (tertiary alicyclic amines) is 1. The number of amides is 1. The zero-order valence-corrected chi connectivity index (χ0v) is 19.0. The van der Waals surface area contributed by atoms with Gasteiger partial charge in [-0.05, 0) is 81.0 Å². The van der Waals surface area contributed by atoms with Crippen LogP contribution in [0.15, 0.2) is 42.6 Å². The van der Waals surface area contributed by atoms with Crippen molar-refractivity contribution in [3.63, 3.8) is 0 Å². The van der Waals surface area contributed by atoms with Gasteiger partial charge in [-0.25, -0.2) is 0 Å². The molecule has 1 aromatic heterocycles. The molecule has 3 rings (SSSR count). The predicted octanol–water partition coefficient (Wildman–Crippen LogP) is 4.42. The van der Waals surface area contributed by atoms with Crippen LogP contribution in [0.1, 0.15) is 55.1 Å². The standard InChI is InChI=1S/C24H32N4O2S/c1-2-3-6-18-30-20-11-9-19(10-12-20)26-24(31)27-23(29)21-8-7-14-25-22(21)13-17-28-15-4-5-16-28/h7-12,14H,2-6,13,15-18H2,1H3,(H2,26,27,29,31). The summed E-state index contributed by atoms with van der Waals surface area (Å²) < 4.78 is 5.72. The molecule has 1 aliphatic rings. The topological polar surface area (TPSA) is 66.5 Å². The Labute approximate surface area is 190 Å². The van der Waals surface area contributed by atoms with Gasteiger partial charge in [0.1, 0.15) is 5.75 Å². The summed E-state index contributed by atoms with van der Waals surface area (Å²) in [4.78, 5) is 19.6. The quantitative estimate of drug-likeness (QED) is 0.421. The third-order valence-corrected chi connectivity index (χ3v) is 5.56. The summed E-state index contributed by atoms with van der Waals surface area (Å²) in [7, 11) is 0. The molecular formula is C24H32N4O2S. The molecule has 7 heteroatoms. The van der Waals surface area contributed by atoms with Gasteiger partial charge in [0.15, 0.2) is 5.11 Å². The maximum absolute atomic E-state index is 12.8. The third-order valence-electron chi connectivity index (χ3n) is 5.35. The summed E-state index contributed by atoms with van der Waals surface area (Å²) in [5, 5.41) is 6.09. The van der Waals surface area contributed by atoms with Gasteiger partial charge in [-0.2, -0.15) is 0 Å². The molecule has 1 aliphatic heterocycles. The molecular weight excluding hydrogens is 408 g/mol. The van der Waals surface area contributed by atoms with Crippen LogP contribution in [0, 0.1) is 0 Å². The molecule has 1 fully saturated rings. The summed E-state index contributed by atoms with van der Waals surface area (Å²) in [6, 6.07) is 11.2. The minimum Gasteiger partial charge on any atom is -0.494 e. The smallest absolute Gasteiger partial charge is 0.259 e. The zero-order valence-electron chi connectivity index (χ0n) is 18.2. The second-order valence-electron chi connectivity index (χ2n) is 7.78. The number of carbonyl (C=O) groups excluding carboxylic acids is 1. The predicted molar refractivity (Wildman–Crippen MR) is 129 cm³/mol. The van der Waals surface area contributed by atoms with E-state index < -0.39 is 0 Å². The highest BCUT2D eigenvalue weighted by atomic mass is 32.1. The van der Waals surface area contributed by atoms with E-state index in [1.165, 1.54) is 25.7 Å². The summed E-state index contributed by atoms with van der Waals surface area (Å²) in [6.07, 6.45) is 8.39. The number of pyridine rings is 1. The number of hydrogen-bond acceptors (Lipinski definition) is 5. The van der Waals surface area contributed by atoms with E-state index in [1.54, 1.807) is 18.3 Å². The van der Waals surface area contributed by atoms with Crippen molar-refractivity contribution < 1.29 is 9.53 Å². The number of thiocarbonyl (C=S) groups is 1. The summed E-state index contributed by atoms with van der Waals surface area (Å²) in [6.45, 7) is 6.08. The summed E-state index contributed by atoms with van der Waals surface area (Å²) in [5.41, 5.74) is 2.17. The van der Waals surface area contributed by atoms with Crippen LogP contribution in [0.4, 0.5) is 5.69 Å². The molecule has 0 radical (unpaired) electrons. The van der Waals surface area contributed by atoms with Crippen molar-refractivity contribution in [3.05, 3.63) is 53.9 Å². The molecule has 166 valence electrons. The molecule has 1 aromatic carbocycles. The van der Waals surface area contributed by atoms with E-state index in [4.69, 9.17) is 17.0 Å². The van der Waals surface area contributed by atoms with Crippen molar-refractivity contribution in [1.29, 1.82) is 0 Å². The fourth-order valence-corrected chi connectivity index (χ4v) is 3.83. The van der Waals surface area contributed by atoms with Crippen molar-refractivity contribution in [2.24, 2.45) is 0 Å². The van der Waals surface area contributed by atoms with Crippen LogP contribution < -0.4 is 15.4 Å². The SMILES string of the molecule is CCCCCOc1ccc(NC(=S)NC(=O)c2cccnc2CCN2CCCC2)cc1. The largest absolute Gasteiger partial charge is 0.494 e.